The van der Waals surface area contributed by atoms with Crippen molar-refractivity contribution in [2.24, 2.45) is 0 Å². The average molecular weight is 397 g/mol. The highest BCUT2D eigenvalue weighted by molar-refractivity contribution is 6.18. The van der Waals surface area contributed by atoms with E-state index in [1.807, 2.05) is 18.2 Å². The maximum atomic E-state index is 8.90. The Morgan fingerprint density at radius 2 is 1.13 bits per heavy atom. The first kappa shape index (κ1) is 18.0. The molecule has 0 heterocycles. The molecule has 0 aromatic heterocycles. The fourth-order valence-corrected chi connectivity index (χ4v) is 4.64. The molecule has 0 fully saturated rings. The lowest BCUT2D eigenvalue weighted by Crippen LogP contribution is -1.99. The zero-order valence-electron chi connectivity index (χ0n) is 16.7. The minimum Gasteiger partial charge on any atom is -0.537 e. The van der Waals surface area contributed by atoms with E-state index in [2.05, 4.69) is 84.9 Å². The van der Waals surface area contributed by atoms with Crippen LogP contribution in [0.1, 0.15) is 0 Å². The van der Waals surface area contributed by atoms with E-state index < -0.39 is 0 Å². The van der Waals surface area contributed by atoms with Crippen LogP contribution in [0.25, 0.3) is 54.2 Å². The molecule has 0 bridgehead atoms. The van der Waals surface area contributed by atoms with Crippen LogP contribution < -0.4 is 4.65 Å². The van der Waals surface area contributed by atoms with E-state index in [0.29, 0.717) is 13.4 Å². The van der Waals surface area contributed by atoms with E-state index in [0.717, 1.165) is 10.8 Å². The van der Waals surface area contributed by atoms with Gasteiger partial charge in [-0.3, -0.25) is 0 Å². The minimum absolute atomic E-state index is 0.619. The van der Waals surface area contributed by atoms with Gasteiger partial charge in [-0.25, -0.2) is 0 Å². The first-order chi connectivity index (χ1) is 15.3. The number of fused-ring (bicyclic) bond motifs is 6. The van der Waals surface area contributed by atoms with Crippen LogP contribution in [-0.2, 0) is 0 Å². The fourth-order valence-electron chi connectivity index (χ4n) is 4.64. The van der Waals surface area contributed by atoms with Crippen molar-refractivity contribution < 1.29 is 9.68 Å². The van der Waals surface area contributed by atoms with Crippen molar-refractivity contribution in [3.63, 3.8) is 0 Å². The van der Waals surface area contributed by atoms with E-state index in [1.165, 1.54) is 43.4 Å². The fraction of sp³-hybridized carbons (Fsp3) is 0. The molecule has 1 N–H and O–H groups in total. The highest BCUT2D eigenvalue weighted by Crippen LogP contribution is 2.37. The molecule has 6 aromatic carbocycles. The van der Waals surface area contributed by atoms with Crippen LogP contribution in [0.3, 0.4) is 0 Å². The normalized spacial score (nSPS) is 11.4. The predicted molar refractivity (Wildman–Crippen MR) is 131 cm³/mol. The second-order valence-electron chi connectivity index (χ2n) is 7.80. The van der Waals surface area contributed by atoms with Crippen molar-refractivity contribution in [2.75, 3.05) is 0 Å². The molecule has 0 unspecified atom stereocenters. The Balaban J connectivity index is 1.58. The van der Waals surface area contributed by atoms with Gasteiger partial charge >= 0.3 is 7.69 Å². The second kappa shape index (κ2) is 7.15. The topological polar surface area (TPSA) is 29.5 Å². The van der Waals surface area contributed by atoms with Crippen LogP contribution in [-0.4, -0.2) is 12.7 Å². The molecule has 6 aromatic rings. The van der Waals surface area contributed by atoms with Crippen LogP contribution in [0.4, 0.5) is 0 Å². The summed E-state index contributed by atoms with van der Waals surface area (Å²) < 4.78 is 5.11. The number of benzene rings is 6. The third kappa shape index (κ3) is 2.94. The Bertz CT molecular complexity index is 1600. The van der Waals surface area contributed by atoms with Crippen molar-refractivity contribution in [2.45, 2.75) is 0 Å². The third-order valence-electron chi connectivity index (χ3n) is 6.08. The Hall–Kier alpha value is -3.82. The molecule has 0 saturated heterocycles. The summed E-state index contributed by atoms with van der Waals surface area (Å²) in [7, 11) is 0.711. The molecule has 0 aliphatic heterocycles. The van der Waals surface area contributed by atoms with Crippen molar-refractivity contribution in [3.05, 3.63) is 103 Å². The van der Waals surface area contributed by atoms with Crippen LogP contribution in [0.15, 0.2) is 103 Å². The Kier molecular flexibility index (Phi) is 4.15. The van der Waals surface area contributed by atoms with E-state index in [4.69, 9.17) is 9.68 Å². The first-order valence-electron chi connectivity index (χ1n) is 10.3. The number of rotatable bonds is 3. The van der Waals surface area contributed by atoms with E-state index >= 15 is 0 Å². The molecular formula is C28H18BO2. The van der Waals surface area contributed by atoms with Gasteiger partial charge in [0.1, 0.15) is 5.75 Å². The molecule has 0 aliphatic carbocycles. The van der Waals surface area contributed by atoms with Crippen molar-refractivity contribution in [1.82, 2.24) is 0 Å². The second-order valence-corrected chi connectivity index (χ2v) is 7.80. The van der Waals surface area contributed by atoms with Gasteiger partial charge in [0.15, 0.2) is 0 Å². The molecule has 1 radical (unpaired) electrons. The van der Waals surface area contributed by atoms with E-state index in [1.54, 1.807) is 0 Å². The maximum Gasteiger partial charge on any atom is 0.569 e. The zero-order chi connectivity index (χ0) is 20.8. The first-order valence-corrected chi connectivity index (χ1v) is 10.3. The summed E-state index contributed by atoms with van der Waals surface area (Å²) in [5.41, 5.74) is 2.46. The van der Waals surface area contributed by atoms with Crippen LogP contribution in [0, 0.1) is 0 Å². The molecule has 0 spiro atoms. The summed E-state index contributed by atoms with van der Waals surface area (Å²) in [4.78, 5) is 0. The standard InChI is InChI=1S/C28H18BO2/c30-29-31-22-12-14-25-21(16-22)10-9-19-15-20(11-13-24(19)25)28-17-18-5-1-2-6-23(18)26-7-3-4-8-27(26)28/h1-17,30H. The minimum atomic E-state index is 0.619. The molecule has 3 heteroatoms. The summed E-state index contributed by atoms with van der Waals surface area (Å²) in [6, 6.07) is 36.3. The van der Waals surface area contributed by atoms with Gasteiger partial charge in [-0.05, 0) is 78.5 Å². The lowest BCUT2D eigenvalue weighted by Gasteiger charge is -2.13. The third-order valence-corrected chi connectivity index (χ3v) is 6.08. The Morgan fingerprint density at radius 1 is 0.516 bits per heavy atom. The zero-order valence-corrected chi connectivity index (χ0v) is 16.7. The van der Waals surface area contributed by atoms with Gasteiger partial charge in [0, 0.05) is 0 Å². The molecule has 6 rings (SSSR count). The van der Waals surface area contributed by atoms with Crippen molar-refractivity contribution in [1.29, 1.82) is 0 Å². The van der Waals surface area contributed by atoms with Crippen LogP contribution >= 0.6 is 0 Å². The number of hydrogen-bond acceptors (Lipinski definition) is 2. The van der Waals surface area contributed by atoms with Gasteiger partial charge in [-0.1, -0.05) is 78.9 Å². The van der Waals surface area contributed by atoms with Gasteiger partial charge in [0.2, 0.25) is 0 Å². The molecule has 0 atom stereocenters. The van der Waals surface area contributed by atoms with Gasteiger partial charge in [0.05, 0.1) is 0 Å². The summed E-state index contributed by atoms with van der Waals surface area (Å²) in [5, 5.41) is 18.6. The van der Waals surface area contributed by atoms with Crippen molar-refractivity contribution in [3.8, 4) is 16.9 Å². The lowest BCUT2D eigenvalue weighted by molar-refractivity contribution is 0.454. The molecule has 0 aliphatic rings. The summed E-state index contributed by atoms with van der Waals surface area (Å²) in [6.07, 6.45) is 0. The maximum absolute atomic E-state index is 8.90. The van der Waals surface area contributed by atoms with E-state index in [-0.39, 0.29) is 0 Å². The van der Waals surface area contributed by atoms with Gasteiger partial charge < -0.3 is 9.68 Å². The Morgan fingerprint density at radius 3 is 1.94 bits per heavy atom. The quantitative estimate of drug-likeness (QED) is 0.261. The molecule has 31 heavy (non-hydrogen) atoms. The summed E-state index contributed by atoms with van der Waals surface area (Å²) in [5.74, 6) is 0.619. The molecule has 2 nitrogen and oxygen atoms in total. The molecule has 0 saturated carbocycles. The molecule has 0 amide bonds. The van der Waals surface area contributed by atoms with Gasteiger partial charge in [-0.15, -0.1) is 0 Å². The summed E-state index contributed by atoms with van der Waals surface area (Å²) in [6.45, 7) is 0. The largest absolute Gasteiger partial charge is 0.569 e. The monoisotopic (exact) mass is 397 g/mol. The highest BCUT2D eigenvalue weighted by Gasteiger charge is 2.10. The SMILES string of the molecule is O[B]Oc1ccc2c(ccc3cc(-c4cc5ccccc5c5ccccc45)ccc32)c1. The van der Waals surface area contributed by atoms with E-state index in [9.17, 15) is 0 Å². The lowest BCUT2D eigenvalue weighted by atomic mass is 9.91. The average Bonchev–Trinajstić information content (AvgIpc) is 2.83. The predicted octanol–water partition coefficient (Wildman–Crippen LogP) is 6.87. The smallest absolute Gasteiger partial charge is 0.537 e. The molecular weight excluding hydrogens is 379 g/mol. The van der Waals surface area contributed by atoms with Crippen LogP contribution in [0.2, 0.25) is 0 Å². The van der Waals surface area contributed by atoms with Gasteiger partial charge in [-0.2, -0.15) is 0 Å². The van der Waals surface area contributed by atoms with Crippen LogP contribution in [0.5, 0.6) is 5.75 Å². The highest BCUT2D eigenvalue weighted by atomic mass is 16.5. The Labute approximate surface area is 180 Å². The number of hydrogen-bond donors (Lipinski definition) is 1. The van der Waals surface area contributed by atoms with Gasteiger partial charge in [0.25, 0.3) is 0 Å². The summed E-state index contributed by atoms with van der Waals surface area (Å²) >= 11 is 0. The molecule has 145 valence electrons. The van der Waals surface area contributed by atoms with Crippen molar-refractivity contribution >= 4 is 50.8 Å².